The summed E-state index contributed by atoms with van der Waals surface area (Å²) in [6, 6.07) is 7.13. The molecule has 2 fully saturated rings. The van der Waals surface area contributed by atoms with Crippen LogP contribution in [0.5, 0.6) is 0 Å². The number of rotatable bonds is 5. The van der Waals surface area contributed by atoms with Crippen LogP contribution in [0.2, 0.25) is 5.02 Å². The molecule has 1 aliphatic heterocycles. The first kappa shape index (κ1) is 14.8. The van der Waals surface area contributed by atoms with E-state index in [-0.39, 0.29) is 43.3 Å². The van der Waals surface area contributed by atoms with Crippen LogP contribution in [0.15, 0.2) is 24.3 Å². The molecule has 0 spiro atoms. The van der Waals surface area contributed by atoms with Crippen molar-refractivity contribution in [2.24, 2.45) is 5.92 Å². The predicted molar refractivity (Wildman–Crippen MR) is 80.4 cm³/mol. The summed E-state index contributed by atoms with van der Waals surface area (Å²) in [4.78, 5) is 35.9. The van der Waals surface area contributed by atoms with Crippen LogP contribution in [0, 0.1) is 5.92 Å². The maximum Gasteiger partial charge on any atom is 0.324 e. The minimum Gasteiger partial charge on any atom is -0.354 e. The fourth-order valence-corrected chi connectivity index (χ4v) is 2.89. The molecular formula is C15H16ClN3O3. The van der Waals surface area contributed by atoms with Crippen LogP contribution < -0.4 is 10.6 Å². The molecule has 1 aromatic carbocycles. The fourth-order valence-electron chi connectivity index (χ4n) is 2.69. The van der Waals surface area contributed by atoms with Crippen molar-refractivity contribution in [1.29, 1.82) is 0 Å². The molecule has 7 heteroatoms. The van der Waals surface area contributed by atoms with E-state index in [4.69, 9.17) is 11.6 Å². The molecule has 0 bridgehead atoms. The number of nitrogens with one attached hydrogen (secondary N) is 2. The summed E-state index contributed by atoms with van der Waals surface area (Å²) in [5.41, 5.74) is 1.07. The molecule has 22 heavy (non-hydrogen) atoms. The summed E-state index contributed by atoms with van der Waals surface area (Å²) in [7, 11) is 0. The van der Waals surface area contributed by atoms with Crippen LogP contribution in [0.4, 0.5) is 4.79 Å². The highest BCUT2D eigenvalue weighted by Crippen LogP contribution is 2.47. The lowest BCUT2D eigenvalue weighted by atomic mass is 10.1. The van der Waals surface area contributed by atoms with E-state index in [0.29, 0.717) is 5.02 Å². The molecule has 0 radical (unpaired) electrons. The van der Waals surface area contributed by atoms with Gasteiger partial charge in [-0.25, -0.2) is 4.79 Å². The zero-order valence-corrected chi connectivity index (χ0v) is 12.6. The van der Waals surface area contributed by atoms with Gasteiger partial charge < -0.3 is 10.6 Å². The van der Waals surface area contributed by atoms with Gasteiger partial charge in [0.15, 0.2) is 0 Å². The molecule has 2 unspecified atom stereocenters. The molecule has 1 heterocycles. The molecule has 116 valence electrons. The van der Waals surface area contributed by atoms with E-state index in [1.165, 1.54) is 0 Å². The topological polar surface area (TPSA) is 78.5 Å². The summed E-state index contributed by atoms with van der Waals surface area (Å²) in [5.74, 6) is -0.156. The van der Waals surface area contributed by atoms with E-state index in [1.807, 2.05) is 18.2 Å². The first-order valence-electron chi connectivity index (χ1n) is 7.17. The Balaban J connectivity index is 1.46. The van der Waals surface area contributed by atoms with Gasteiger partial charge in [0.05, 0.1) is 6.54 Å². The lowest BCUT2D eigenvalue weighted by Crippen LogP contribution is -2.39. The monoisotopic (exact) mass is 321 g/mol. The quantitative estimate of drug-likeness (QED) is 0.797. The maximum absolute atomic E-state index is 12.1. The average molecular weight is 322 g/mol. The predicted octanol–water partition coefficient (Wildman–Crippen LogP) is 1.11. The number of hydrogen-bond donors (Lipinski definition) is 2. The molecule has 2 atom stereocenters. The van der Waals surface area contributed by atoms with Crippen molar-refractivity contribution in [1.82, 2.24) is 15.5 Å². The van der Waals surface area contributed by atoms with E-state index < -0.39 is 6.03 Å². The third-order valence-electron chi connectivity index (χ3n) is 3.98. The molecule has 0 aromatic heterocycles. The molecule has 2 aliphatic rings. The second-order valence-corrected chi connectivity index (χ2v) is 5.94. The first-order valence-corrected chi connectivity index (χ1v) is 7.55. The van der Waals surface area contributed by atoms with Crippen molar-refractivity contribution < 1.29 is 14.4 Å². The zero-order chi connectivity index (χ0) is 15.7. The number of hydrogen-bond acceptors (Lipinski definition) is 3. The van der Waals surface area contributed by atoms with Gasteiger partial charge in [-0.1, -0.05) is 23.7 Å². The molecule has 2 N–H and O–H groups in total. The van der Waals surface area contributed by atoms with Gasteiger partial charge in [0.1, 0.15) is 0 Å². The summed E-state index contributed by atoms with van der Waals surface area (Å²) < 4.78 is 0. The zero-order valence-electron chi connectivity index (χ0n) is 11.8. The number of halogens is 1. The Bertz CT molecular complexity index is 618. The molecule has 4 amide bonds. The highest BCUT2D eigenvalue weighted by molar-refractivity contribution is 6.30. The lowest BCUT2D eigenvalue weighted by molar-refractivity contribution is -0.126. The van der Waals surface area contributed by atoms with Crippen LogP contribution in [0.25, 0.3) is 0 Å². The van der Waals surface area contributed by atoms with Gasteiger partial charge in [-0.2, -0.15) is 0 Å². The van der Waals surface area contributed by atoms with E-state index in [1.54, 1.807) is 6.07 Å². The first-order chi connectivity index (χ1) is 10.6. The lowest BCUT2D eigenvalue weighted by Gasteiger charge is -2.12. The Morgan fingerprint density at radius 1 is 1.41 bits per heavy atom. The summed E-state index contributed by atoms with van der Waals surface area (Å²) in [6.45, 7) is 0.508. The minimum atomic E-state index is -0.400. The smallest absolute Gasteiger partial charge is 0.324 e. The summed E-state index contributed by atoms with van der Waals surface area (Å²) in [5, 5.41) is 5.89. The number of carbonyl (C=O) groups excluding carboxylic acids is 3. The fraction of sp³-hybridized carbons (Fsp3) is 0.400. The van der Waals surface area contributed by atoms with Crippen LogP contribution in [-0.4, -0.2) is 42.4 Å². The second kappa shape index (κ2) is 5.96. The highest BCUT2D eigenvalue weighted by Gasteiger charge is 2.43. The van der Waals surface area contributed by atoms with Gasteiger partial charge >= 0.3 is 6.03 Å². The Labute approximate surface area is 132 Å². The number of imide groups is 1. The van der Waals surface area contributed by atoms with Gasteiger partial charge in [0.2, 0.25) is 11.8 Å². The number of benzene rings is 1. The Morgan fingerprint density at radius 2 is 2.23 bits per heavy atom. The largest absolute Gasteiger partial charge is 0.354 e. The van der Waals surface area contributed by atoms with Crippen molar-refractivity contribution in [3.05, 3.63) is 34.9 Å². The van der Waals surface area contributed by atoms with Gasteiger partial charge in [-0.15, -0.1) is 0 Å². The maximum atomic E-state index is 12.1. The van der Waals surface area contributed by atoms with Crippen molar-refractivity contribution in [3.8, 4) is 0 Å². The molecule has 1 saturated heterocycles. The van der Waals surface area contributed by atoms with E-state index in [2.05, 4.69) is 10.6 Å². The molecule has 6 nitrogen and oxygen atoms in total. The normalized spacial score (nSPS) is 23.4. The van der Waals surface area contributed by atoms with E-state index in [9.17, 15) is 14.4 Å². The molecule has 3 rings (SSSR count). The van der Waals surface area contributed by atoms with E-state index >= 15 is 0 Å². The molecule has 1 aliphatic carbocycles. The van der Waals surface area contributed by atoms with Gasteiger partial charge in [-0.05, 0) is 30.0 Å². The third kappa shape index (κ3) is 3.06. The third-order valence-corrected chi connectivity index (χ3v) is 4.21. The van der Waals surface area contributed by atoms with Gasteiger partial charge in [0.25, 0.3) is 0 Å². The number of amides is 4. The molecule has 1 saturated carbocycles. The van der Waals surface area contributed by atoms with Crippen LogP contribution in [0.3, 0.4) is 0 Å². The Hall–Kier alpha value is -2.08. The SMILES string of the molecule is O=C(NCCN1C(=O)CNC1=O)C1CC1c1cccc(Cl)c1. The van der Waals surface area contributed by atoms with Crippen LogP contribution in [-0.2, 0) is 9.59 Å². The summed E-state index contributed by atoms with van der Waals surface area (Å²) >= 11 is 5.95. The Morgan fingerprint density at radius 3 is 2.91 bits per heavy atom. The number of urea groups is 1. The Kier molecular flexibility index (Phi) is 4.02. The van der Waals surface area contributed by atoms with Crippen molar-refractivity contribution >= 4 is 29.4 Å². The minimum absolute atomic E-state index is 0.0340. The summed E-state index contributed by atoms with van der Waals surface area (Å²) in [6.07, 6.45) is 0.801. The number of carbonyl (C=O) groups is 3. The van der Waals surface area contributed by atoms with Crippen molar-refractivity contribution in [2.75, 3.05) is 19.6 Å². The van der Waals surface area contributed by atoms with E-state index in [0.717, 1.165) is 16.9 Å². The van der Waals surface area contributed by atoms with Crippen molar-refractivity contribution in [3.63, 3.8) is 0 Å². The van der Waals surface area contributed by atoms with Crippen molar-refractivity contribution in [2.45, 2.75) is 12.3 Å². The van der Waals surface area contributed by atoms with Gasteiger partial charge in [-0.3, -0.25) is 14.5 Å². The molecule has 1 aromatic rings. The standard InChI is InChI=1S/C15H16ClN3O3/c16-10-3-1-2-9(6-10)11-7-12(11)14(21)17-4-5-19-13(20)8-18-15(19)22/h1-3,6,11-12H,4-5,7-8H2,(H,17,21)(H,18,22). The van der Waals surface area contributed by atoms with Gasteiger partial charge in [0, 0.05) is 24.0 Å². The van der Waals surface area contributed by atoms with Crippen LogP contribution in [0.1, 0.15) is 17.9 Å². The molecular weight excluding hydrogens is 306 g/mol. The average Bonchev–Trinajstić information content (AvgIpc) is 3.23. The second-order valence-electron chi connectivity index (χ2n) is 5.50. The highest BCUT2D eigenvalue weighted by atomic mass is 35.5. The van der Waals surface area contributed by atoms with Crippen LogP contribution >= 0.6 is 11.6 Å². The number of nitrogens with zero attached hydrogens (tertiary/aromatic N) is 1.